The highest BCUT2D eigenvalue weighted by Crippen LogP contribution is 2.27. The number of nitrogen functional groups attached to an aromatic ring is 1. The van der Waals surface area contributed by atoms with E-state index >= 15 is 0 Å². The van der Waals surface area contributed by atoms with E-state index < -0.39 is 0 Å². The highest BCUT2D eigenvalue weighted by atomic mass is 32.1. The quantitative estimate of drug-likeness (QED) is 0.930. The minimum Gasteiger partial charge on any atom is -0.398 e. The number of hydrogen-bond donors (Lipinski definition) is 1. The first kappa shape index (κ1) is 16.3. The lowest BCUT2D eigenvalue weighted by Gasteiger charge is -2.34. The summed E-state index contributed by atoms with van der Waals surface area (Å²) >= 11 is 1.51. The number of thiophene rings is 1. The lowest BCUT2D eigenvalue weighted by atomic mass is 9.96. The van der Waals surface area contributed by atoms with Crippen LogP contribution in [-0.4, -0.2) is 48.4 Å². The number of nitrogens with zero attached hydrogens (tertiary/aromatic N) is 2. The fraction of sp³-hybridized carbons (Fsp3) is 0.688. The van der Waals surface area contributed by atoms with Crippen LogP contribution in [0.2, 0.25) is 0 Å². The summed E-state index contributed by atoms with van der Waals surface area (Å²) in [7, 11) is 2.18. The van der Waals surface area contributed by atoms with Gasteiger partial charge in [-0.3, -0.25) is 4.79 Å². The molecule has 0 unspecified atom stereocenters. The summed E-state index contributed by atoms with van der Waals surface area (Å²) in [6.07, 6.45) is 2.20. The first-order valence-electron chi connectivity index (χ1n) is 7.74. The Morgan fingerprint density at radius 1 is 1.48 bits per heavy atom. The molecular weight excluding hydrogens is 282 g/mol. The van der Waals surface area contributed by atoms with E-state index in [1.54, 1.807) is 0 Å². The smallest absolute Gasteiger partial charge is 0.264 e. The number of hydrogen-bond acceptors (Lipinski definition) is 4. The van der Waals surface area contributed by atoms with Crippen LogP contribution in [0.15, 0.2) is 6.07 Å². The molecule has 2 N–H and O–H groups in total. The molecule has 0 spiro atoms. The molecule has 0 saturated carbocycles. The van der Waals surface area contributed by atoms with E-state index in [1.807, 2.05) is 17.9 Å². The van der Waals surface area contributed by atoms with Gasteiger partial charge in [0.15, 0.2) is 0 Å². The lowest BCUT2D eigenvalue weighted by Crippen LogP contribution is -2.41. The van der Waals surface area contributed by atoms with E-state index in [-0.39, 0.29) is 5.91 Å². The third-order valence-corrected chi connectivity index (χ3v) is 5.55. The van der Waals surface area contributed by atoms with Gasteiger partial charge in [0.2, 0.25) is 0 Å². The minimum absolute atomic E-state index is 0.149. The molecule has 1 amide bonds. The summed E-state index contributed by atoms with van der Waals surface area (Å²) in [4.78, 5) is 18.7. The van der Waals surface area contributed by atoms with Crippen LogP contribution in [0, 0.1) is 12.8 Å². The van der Waals surface area contributed by atoms with Crippen molar-refractivity contribution in [2.75, 3.05) is 32.4 Å². The fourth-order valence-electron chi connectivity index (χ4n) is 2.69. The highest BCUT2D eigenvalue weighted by molar-refractivity contribution is 7.14. The maximum Gasteiger partial charge on any atom is 0.264 e. The number of likely N-dealkylation sites (tertiary alicyclic amines) is 1. The van der Waals surface area contributed by atoms with E-state index in [2.05, 4.69) is 25.8 Å². The summed E-state index contributed by atoms with van der Waals surface area (Å²) in [6, 6.07) is 2.41. The van der Waals surface area contributed by atoms with Crippen molar-refractivity contribution in [2.24, 2.45) is 5.92 Å². The van der Waals surface area contributed by atoms with Crippen LogP contribution in [0.5, 0.6) is 0 Å². The van der Waals surface area contributed by atoms with Gasteiger partial charge in [-0.05, 0) is 52.6 Å². The number of rotatable bonds is 4. The molecule has 0 aromatic carbocycles. The molecule has 118 valence electrons. The van der Waals surface area contributed by atoms with E-state index in [9.17, 15) is 4.79 Å². The number of carbonyl (C=O) groups excluding carboxylic acids is 1. The predicted molar refractivity (Wildman–Crippen MR) is 89.9 cm³/mol. The Morgan fingerprint density at radius 2 is 2.10 bits per heavy atom. The molecule has 4 nitrogen and oxygen atoms in total. The van der Waals surface area contributed by atoms with Crippen molar-refractivity contribution in [2.45, 2.75) is 39.7 Å². The summed E-state index contributed by atoms with van der Waals surface area (Å²) in [5, 5.41) is 0. The summed E-state index contributed by atoms with van der Waals surface area (Å²) < 4.78 is 0. The van der Waals surface area contributed by atoms with Crippen LogP contribution in [0.1, 0.15) is 41.2 Å². The number of nitrogens with two attached hydrogens (primary N) is 1. The predicted octanol–water partition coefficient (Wildman–Crippen LogP) is 2.83. The van der Waals surface area contributed by atoms with E-state index in [0.29, 0.717) is 12.0 Å². The average Bonchev–Trinajstić information content (AvgIpc) is 2.78. The molecule has 1 aromatic rings. The molecule has 2 heterocycles. The van der Waals surface area contributed by atoms with Crippen molar-refractivity contribution < 1.29 is 4.79 Å². The number of amides is 1. The maximum atomic E-state index is 12.5. The van der Waals surface area contributed by atoms with Crippen molar-refractivity contribution in [3.8, 4) is 0 Å². The molecule has 1 aliphatic heterocycles. The van der Waals surface area contributed by atoms with Crippen molar-refractivity contribution in [3.05, 3.63) is 15.8 Å². The van der Waals surface area contributed by atoms with E-state index in [1.165, 1.54) is 11.3 Å². The molecule has 2 rings (SSSR count). The molecule has 0 atom stereocenters. The van der Waals surface area contributed by atoms with Crippen molar-refractivity contribution >= 4 is 22.9 Å². The standard InChI is InChI=1S/C16H27N3OS/c1-11(2)18(4)10-13-5-7-19(8-6-13)16(20)15-9-14(17)12(3)21-15/h9,11,13H,5-8,10,17H2,1-4H3. The van der Waals surface area contributed by atoms with Gasteiger partial charge in [-0.1, -0.05) is 0 Å². The zero-order chi connectivity index (χ0) is 15.6. The number of aryl methyl sites for hydroxylation is 1. The third kappa shape index (κ3) is 3.98. The Balaban J connectivity index is 1.87. The Hall–Kier alpha value is -1.07. The molecular formula is C16H27N3OS. The second kappa shape index (κ2) is 6.79. The van der Waals surface area contributed by atoms with Crippen LogP contribution in [-0.2, 0) is 0 Å². The van der Waals surface area contributed by atoms with Gasteiger partial charge in [0.1, 0.15) is 0 Å². The molecule has 21 heavy (non-hydrogen) atoms. The fourth-order valence-corrected chi connectivity index (χ4v) is 3.60. The second-order valence-corrected chi connectivity index (χ2v) is 7.65. The molecule has 5 heteroatoms. The van der Waals surface area contributed by atoms with E-state index in [0.717, 1.165) is 47.9 Å². The van der Waals surface area contributed by atoms with Crippen LogP contribution >= 0.6 is 11.3 Å². The Labute approximate surface area is 131 Å². The molecule has 0 aliphatic carbocycles. The summed E-state index contributed by atoms with van der Waals surface area (Å²) in [5.41, 5.74) is 6.58. The van der Waals surface area contributed by atoms with E-state index in [4.69, 9.17) is 5.73 Å². The lowest BCUT2D eigenvalue weighted by molar-refractivity contribution is 0.0671. The SMILES string of the molecule is Cc1sc(C(=O)N2CCC(CN(C)C(C)C)CC2)cc1N. The third-order valence-electron chi connectivity index (χ3n) is 4.50. The summed E-state index contributed by atoms with van der Waals surface area (Å²) in [5.74, 6) is 0.854. The maximum absolute atomic E-state index is 12.5. The van der Waals surface area contributed by atoms with Gasteiger partial charge in [-0.25, -0.2) is 0 Å². The monoisotopic (exact) mass is 309 g/mol. The molecule has 0 bridgehead atoms. The van der Waals surface area contributed by atoms with Gasteiger partial charge in [0.25, 0.3) is 5.91 Å². The van der Waals surface area contributed by atoms with Crippen molar-refractivity contribution in [3.63, 3.8) is 0 Å². The summed E-state index contributed by atoms with van der Waals surface area (Å²) in [6.45, 7) is 9.28. The molecule has 1 fully saturated rings. The van der Waals surface area contributed by atoms with Gasteiger partial charge < -0.3 is 15.5 Å². The van der Waals surface area contributed by atoms with Crippen molar-refractivity contribution in [1.82, 2.24) is 9.80 Å². The number of anilines is 1. The Bertz CT molecular complexity index is 470. The average molecular weight is 309 g/mol. The van der Waals surface area contributed by atoms with Gasteiger partial charge in [-0.2, -0.15) is 0 Å². The Morgan fingerprint density at radius 3 is 2.57 bits per heavy atom. The molecule has 1 saturated heterocycles. The van der Waals surface area contributed by atoms with Crippen molar-refractivity contribution in [1.29, 1.82) is 0 Å². The normalized spacial score (nSPS) is 17.0. The minimum atomic E-state index is 0.149. The van der Waals surface area contributed by atoms with Crippen LogP contribution < -0.4 is 5.73 Å². The molecule has 1 aromatic heterocycles. The number of piperidine rings is 1. The zero-order valence-electron chi connectivity index (χ0n) is 13.6. The van der Waals surface area contributed by atoms with Crippen LogP contribution in [0.4, 0.5) is 5.69 Å². The molecule has 1 aliphatic rings. The largest absolute Gasteiger partial charge is 0.398 e. The van der Waals surface area contributed by atoms with Gasteiger partial charge in [0, 0.05) is 36.2 Å². The van der Waals surface area contributed by atoms with Crippen LogP contribution in [0.3, 0.4) is 0 Å². The Kier molecular flexibility index (Phi) is 5.27. The van der Waals surface area contributed by atoms with Gasteiger partial charge >= 0.3 is 0 Å². The van der Waals surface area contributed by atoms with Gasteiger partial charge in [0.05, 0.1) is 4.88 Å². The number of carbonyl (C=O) groups is 1. The first-order valence-corrected chi connectivity index (χ1v) is 8.55. The first-order chi connectivity index (χ1) is 9.88. The second-order valence-electron chi connectivity index (χ2n) is 6.39. The highest BCUT2D eigenvalue weighted by Gasteiger charge is 2.25. The molecule has 0 radical (unpaired) electrons. The van der Waals surface area contributed by atoms with Gasteiger partial charge in [-0.15, -0.1) is 11.3 Å². The zero-order valence-corrected chi connectivity index (χ0v) is 14.4. The topological polar surface area (TPSA) is 49.6 Å². The van der Waals surface area contributed by atoms with Crippen LogP contribution in [0.25, 0.3) is 0 Å².